The Hall–Kier alpha value is -3.60. The normalized spacial score (nSPS) is 18.8. The molecule has 4 atom stereocenters. The molecule has 284 valence electrons. The first kappa shape index (κ1) is 42.1. The predicted molar refractivity (Wildman–Crippen MR) is 213 cm³/mol. The molecular formula is C40H53N5O6P2. The van der Waals surface area contributed by atoms with Gasteiger partial charge in [0.25, 0.3) is 0 Å². The van der Waals surface area contributed by atoms with Gasteiger partial charge in [-0.1, -0.05) is 41.9 Å². The molecule has 0 spiro atoms. The van der Waals surface area contributed by atoms with Crippen LogP contribution in [-0.2, 0) is 40.7 Å². The largest absolute Gasteiger partial charge is 0.497 e. The van der Waals surface area contributed by atoms with E-state index < -0.39 is 14.7 Å². The quantitative estimate of drug-likeness (QED) is 0.110. The molecule has 0 aliphatic heterocycles. The lowest BCUT2D eigenvalue weighted by Crippen LogP contribution is -2.33. The third-order valence-corrected chi connectivity index (χ3v) is 11.9. The van der Waals surface area contributed by atoms with Crippen LogP contribution in [0.25, 0.3) is 0 Å². The van der Waals surface area contributed by atoms with E-state index >= 15 is 0 Å². The third kappa shape index (κ3) is 14.0. The molecular weight excluding hydrogens is 708 g/mol. The summed E-state index contributed by atoms with van der Waals surface area (Å²) in [5, 5.41) is 10.3. The summed E-state index contributed by atoms with van der Waals surface area (Å²) in [5.41, 5.74) is 4.74. The number of aromatic nitrogens is 2. The molecule has 0 bridgehead atoms. The SMILES string of the molecule is CCOP(C)(=O)c1cc(C#CC2=CCC(OC)C=C2)cc(CNCCNCCNCc2cc(C#CC3C=CC(OC)=CC3)cc(P(C)(=O)OCC)n2)n1. The van der Waals surface area contributed by atoms with Crippen molar-refractivity contribution in [2.75, 3.05) is 66.9 Å². The maximum absolute atomic E-state index is 13.3. The van der Waals surface area contributed by atoms with Gasteiger partial charge in [-0.2, -0.15) is 0 Å². The van der Waals surface area contributed by atoms with E-state index in [2.05, 4.69) is 55.7 Å². The molecule has 0 radical (unpaired) electrons. The van der Waals surface area contributed by atoms with Crippen LogP contribution in [-0.4, -0.2) is 83.0 Å². The lowest BCUT2D eigenvalue weighted by atomic mass is 10.0. The average molecular weight is 762 g/mol. The fourth-order valence-corrected chi connectivity index (χ4v) is 8.09. The van der Waals surface area contributed by atoms with E-state index in [1.54, 1.807) is 39.7 Å². The second-order valence-corrected chi connectivity index (χ2v) is 17.4. The van der Waals surface area contributed by atoms with Crippen LogP contribution in [0.15, 0.2) is 72.1 Å². The predicted octanol–water partition coefficient (Wildman–Crippen LogP) is 4.80. The van der Waals surface area contributed by atoms with Gasteiger partial charge >= 0.3 is 0 Å². The lowest BCUT2D eigenvalue weighted by molar-refractivity contribution is 0.142. The Morgan fingerprint density at radius 2 is 1.32 bits per heavy atom. The summed E-state index contributed by atoms with van der Waals surface area (Å²) >= 11 is 0. The minimum atomic E-state index is -3.09. The number of nitrogens with zero attached hydrogens (tertiary/aromatic N) is 2. The highest BCUT2D eigenvalue weighted by atomic mass is 31.2. The number of hydrogen-bond acceptors (Lipinski definition) is 11. The van der Waals surface area contributed by atoms with Crippen molar-refractivity contribution in [3.63, 3.8) is 0 Å². The van der Waals surface area contributed by atoms with E-state index in [1.807, 2.05) is 56.4 Å². The van der Waals surface area contributed by atoms with Crippen molar-refractivity contribution in [1.29, 1.82) is 0 Å². The Balaban J connectivity index is 1.27. The molecule has 0 saturated carbocycles. The first-order valence-corrected chi connectivity index (χ1v) is 22.2. The highest BCUT2D eigenvalue weighted by Gasteiger charge is 2.23. The lowest BCUT2D eigenvalue weighted by Gasteiger charge is -2.15. The molecule has 2 aliphatic rings. The van der Waals surface area contributed by atoms with Crippen LogP contribution >= 0.6 is 14.7 Å². The van der Waals surface area contributed by atoms with Crippen molar-refractivity contribution in [2.45, 2.75) is 45.9 Å². The molecule has 2 aromatic heterocycles. The average Bonchev–Trinajstić information content (AvgIpc) is 3.16. The van der Waals surface area contributed by atoms with Crippen LogP contribution < -0.4 is 26.8 Å². The van der Waals surface area contributed by atoms with Gasteiger partial charge < -0.3 is 34.5 Å². The fourth-order valence-electron chi connectivity index (χ4n) is 5.47. The molecule has 0 amide bonds. The number of ether oxygens (including phenoxy) is 2. The topological polar surface area (TPSA) is 133 Å². The number of nitrogens with one attached hydrogen (secondary N) is 3. The number of methoxy groups -OCH3 is 2. The summed E-state index contributed by atoms with van der Waals surface area (Å²) in [7, 11) is -2.83. The van der Waals surface area contributed by atoms with Crippen molar-refractivity contribution in [3.8, 4) is 23.7 Å². The zero-order valence-corrected chi connectivity index (χ0v) is 33.5. The molecule has 2 aliphatic carbocycles. The van der Waals surface area contributed by atoms with Gasteiger partial charge in [0.15, 0.2) is 0 Å². The Morgan fingerprint density at radius 1 is 0.736 bits per heavy atom. The van der Waals surface area contributed by atoms with Gasteiger partial charge in [-0.3, -0.25) is 9.13 Å². The molecule has 2 heterocycles. The van der Waals surface area contributed by atoms with Crippen molar-refractivity contribution >= 4 is 25.6 Å². The first-order valence-electron chi connectivity index (χ1n) is 18.0. The molecule has 2 aromatic rings. The van der Waals surface area contributed by atoms with E-state index in [4.69, 9.17) is 18.5 Å². The summed E-state index contributed by atoms with van der Waals surface area (Å²) in [6.07, 6.45) is 13.6. The highest BCUT2D eigenvalue weighted by molar-refractivity contribution is 7.66. The first-order chi connectivity index (χ1) is 25.5. The molecule has 0 aromatic carbocycles. The number of pyridine rings is 2. The van der Waals surface area contributed by atoms with Gasteiger partial charge in [-0.05, 0) is 69.2 Å². The second-order valence-electron chi connectivity index (χ2n) is 12.6. The van der Waals surface area contributed by atoms with Crippen molar-refractivity contribution in [1.82, 2.24) is 25.9 Å². The summed E-state index contributed by atoms with van der Waals surface area (Å²) in [4.78, 5) is 9.33. The van der Waals surface area contributed by atoms with Crippen molar-refractivity contribution in [3.05, 3.63) is 94.6 Å². The number of allylic oxidation sites excluding steroid dienone is 5. The number of hydrogen-bond donors (Lipinski definition) is 3. The Labute approximate surface area is 315 Å². The molecule has 0 fully saturated rings. The van der Waals surface area contributed by atoms with Crippen LogP contribution in [0.4, 0.5) is 0 Å². The summed E-state index contributed by atoms with van der Waals surface area (Å²) in [6, 6.07) is 7.39. The monoisotopic (exact) mass is 761 g/mol. The van der Waals surface area contributed by atoms with Crippen LogP contribution in [0.2, 0.25) is 0 Å². The van der Waals surface area contributed by atoms with Gasteiger partial charge in [0.05, 0.1) is 37.8 Å². The highest BCUT2D eigenvalue weighted by Crippen LogP contribution is 2.41. The van der Waals surface area contributed by atoms with E-state index in [1.165, 1.54) is 0 Å². The number of rotatable bonds is 18. The standard InChI is InChI=1S/C40H53N5O6P2/c1-7-50-52(5,46)39-27-33(11-9-31-13-17-37(48-3)18-14-31)25-35(44-39)29-42-23-21-41-22-24-43-30-36-26-34(28-40(45-36)53(6,47)51-8-2)12-10-32-15-19-38(49-4)20-16-32/h13-15,17,19-20,25-28,32,37,41-43H,7-8,16,18,21-24,29-30H2,1-6H3. The molecule has 4 rings (SSSR count). The van der Waals surface area contributed by atoms with Gasteiger partial charge in [-0.15, -0.1) is 0 Å². The Kier molecular flexibility index (Phi) is 17.0. The van der Waals surface area contributed by atoms with Crippen LogP contribution in [0.3, 0.4) is 0 Å². The van der Waals surface area contributed by atoms with Crippen molar-refractivity contribution < 1.29 is 27.7 Å². The van der Waals surface area contributed by atoms with E-state index in [9.17, 15) is 9.13 Å². The Morgan fingerprint density at radius 3 is 1.81 bits per heavy atom. The summed E-state index contributed by atoms with van der Waals surface area (Å²) in [6.45, 7) is 11.4. The fraction of sp³-hybridized carbons (Fsp3) is 0.450. The van der Waals surface area contributed by atoms with E-state index in [-0.39, 0.29) is 12.0 Å². The Bertz CT molecular complexity index is 1900. The maximum atomic E-state index is 13.3. The smallest absolute Gasteiger partial charge is 0.247 e. The van der Waals surface area contributed by atoms with Crippen LogP contribution in [0.1, 0.15) is 49.2 Å². The third-order valence-electron chi connectivity index (χ3n) is 8.30. The molecule has 53 heavy (non-hydrogen) atoms. The van der Waals surface area contributed by atoms with Crippen LogP contribution in [0.5, 0.6) is 0 Å². The van der Waals surface area contributed by atoms with Crippen molar-refractivity contribution in [2.24, 2.45) is 5.92 Å². The van der Waals surface area contributed by atoms with Gasteiger partial charge in [-0.25, -0.2) is 9.97 Å². The minimum Gasteiger partial charge on any atom is -0.497 e. The van der Waals surface area contributed by atoms with Gasteiger partial charge in [0.2, 0.25) is 14.7 Å². The zero-order chi connectivity index (χ0) is 38.1. The second kappa shape index (κ2) is 21.3. The summed E-state index contributed by atoms with van der Waals surface area (Å²) in [5.74, 6) is 13.9. The molecule has 13 heteroatoms. The zero-order valence-electron chi connectivity index (χ0n) is 31.7. The minimum absolute atomic E-state index is 0.0753. The van der Waals surface area contributed by atoms with Gasteiger partial charge in [0, 0.05) is 82.3 Å². The molecule has 0 saturated heterocycles. The molecule has 3 N–H and O–H groups in total. The maximum Gasteiger partial charge on any atom is 0.247 e. The van der Waals surface area contributed by atoms with E-state index in [0.717, 1.165) is 59.8 Å². The van der Waals surface area contributed by atoms with Crippen LogP contribution in [0, 0.1) is 29.6 Å². The molecule has 4 unspecified atom stereocenters. The molecule has 11 nitrogen and oxygen atoms in total. The van der Waals surface area contributed by atoms with Gasteiger partial charge in [0.1, 0.15) is 16.6 Å². The summed E-state index contributed by atoms with van der Waals surface area (Å²) < 4.78 is 48.3. The van der Waals surface area contributed by atoms with E-state index in [0.29, 0.717) is 50.3 Å².